The largest absolute Gasteiger partial charge is 0.504 e. The van der Waals surface area contributed by atoms with E-state index in [1.54, 1.807) is 31.2 Å². The average molecular weight is 405 g/mol. The molecule has 0 radical (unpaired) electrons. The van der Waals surface area contributed by atoms with Gasteiger partial charge in [-0.25, -0.2) is 13.8 Å². The predicted molar refractivity (Wildman–Crippen MR) is 106 cm³/mol. The number of hydrogen-bond donors (Lipinski definition) is 2. The van der Waals surface area contributed by atoms with Gasteiger partial charge < -0.3 is 9.84 Å². The number of amides is 1. The second kappa shape index (κ2) is 9.34. The number of likely N-dealkylation sites (N-methyl/N-ethyl adjacent to an activating group) is 1. The molecule has 0 aromatic heterocycles. The Kier molecular flexibility index (Phi) is 7.13. The lowest BCUT2D eigenvalue weighted by atomic mass is 10.2. The molecule has 0 heterocycles. The van der Waals surface area contributed by atoms with Crippen molar-refractivity contribution in [2.45, 2.75) is 18.7 Å². The first kappa shape index (κ1) is 21.4. The Morgan fingerprint density at radius 2 is 1.93 bits per heavy atom. The Morgan fingerprint density at radius 3 is 2.57 bits per heavy atom. The first-order valence-electron chi connectivity index (χ1n) is 8.54. The van der Waals surface area contributed by atoms with Crippen LogP contribution < -0.4 is 10.2 Å². The second-order valence-corrected chi connectivity index (χ2v) is 8.07. The van der Waals surface area contributed by atoms with E-state index in [2.05, 4.69) is 10.5 Å². The van der Waals surface area contributed by atoms with Crippen LogP contribution in [0.4, 0.5) is 0 Å². The van der Waals surface area contributed by atoms with E-state index in [1.165, 1.54) is 31.5 Å². The maximum Gasteiger partial charge on any atom is 0.255 e. The third kappa shape index (κ3) is 5.54. The maximum absolute atomic E-state index is 12.5. The van der Waals surface area contributed by atoms with Crippen LogP contribution in [0.3, 0.4) is 0 Å². The van der Waals surface area contributed by atoms with Gasteiger partial charge >= 0.3 is 0 Å². The smallest absolute Gasteiger partial charge is 0.255 e. The van der Waals surface area contributed by atoms with E-state index in [9.17, 15) is 18.3 Å². The highest BCUT2D eigenvalue weighted by Gasteiger charge is 2.22. The summed E-state index contributed by atoms with van der Waals surface area (Å²) in [5, 5.41) is 13.5. The van der Waals surface area contributed by atoms with Crippen molar-refractivity contribution in [3.63, 3.8) is 0 Å². The van der Waals surface area contributed by atoms with Crippen molar-refractivity contribution >= 4 is 22.1 Å². The third-order valence-electron chi connectivity index (χ3n) is 3.78. The quantitative estimate of drug-likeness (QED) is 0.515. The minimum Gasteiger partial charge on any atom is -0.504 e. The Morgan fingerprint density at radius 1 is 1.25 bits per heavy atom. The first-order chi connectivity index (χ1) is 13.2. The normalized spacial score (nSPS) is 11.7. The Labute approximate surface area is 164 Å². The Hall–Kier alpha value is -2.91. The van der Waals surface area contributed by atoms with Crippen LogP contribution in [0.25, 0.3) is 0 Å². The van der Waals surface area contributed by atoms with Crippen LogP contribution in [0, 0.1) is 6.92 Å². The number of hydrogen-bond acceptors (Lipinski definition) is 6. The summed E-state index contributed by atoms with van der Waals surface area (Å²) >= 11 is 0. The van der Waals surface area contributed by atoms with Crippen LogP contribution in [0.15, 0.2) is 52.5 Å². The lowest BCUT2D eigenvalue weighted by Gasteiger charge is -2.16. The number of hydrazone groups is 1. The van der Waals surface area contributed by atoms with Gasteiger partial charge in [0.2, 0.25) is 10.0 Å². The van der Waals surface area contributed by atoms with E-state index in [1.807, 2.05) is 6.92 Å². The Bertz CT molecular complexity index is 956. The number of carbonyl (C=O) groups excluding carboxylic acids is 1. The summed E-state index contributed by atoms with van der Waals surface area (Å²) in [7, 11) is -2.44. The number of phenolic OH excluding ortho intramolecular Hbond substituents is 1. The van der Waals surface area contributed by atoms with Gasteiger partial charge in [-0.3, -0.25) is 4.79 Å². The second-order valence-electron chi connectivity index (χ2n) is 6.03. The van der Waals surface area contributed by atoms with Crippen molar-refractivity contribution in [1.82, 2.24) is 9.73 Å². The molecule has 150 valence electrons. The molecule has 28 heavy (non-hydrogen) atoms. The molecule has 8 nitrogen and oxygen atoms in total. The molecule has 0 saturated heterocycles. The fraction of sp³-hybridized carbons (Fsp3) is 0.263. The van der Waals surface area contributed by atoms with Crippen molar-refractivity contribution in [2.24, 2.45) is 5.10 Å². The van der Waals surface area contributed by atoms with Crippen molar-refractivity contribution in [2.75, 3.05) is 20.2 Å². The molecule has 2 aromatic carbocycles. The molecule has 0 fully saturated rings. The minimum atomic E-state index is -3.77. The van der Waals surface area contributed by atoms with Gasteiger partial charge in [-0.1, -0.05) is 17.7 Å². The molecule has 9 heteroatoms. The zero-order chi connectivity index (χ0) is 20.7. The summed E-state index contributed by atoms with van der Waals surface area (Å²) in [6.07, 6.45) is 1.37. The van der Waals surface area contributed by atoms with Crippen LogP contribution in [0.5, 0.6) is 11.5 Å². The highest BCUT2D eigenvalue weighted by molar-refractivity contribution is 7.89. The molecule has 2 aromatic rings. The van der Waals surface area contributed by atoms with Crippen LogP contribution in [0.1, 0.15) is 18.1 Å². The molecule has 2 N–H and O–H groups in total. The van der Waals surface area contributed by atoms with E-state index in [0.717, 1.165) is 9.87 Å². The van der Waals surface area contributed by atoms with Crippen LogP contribution in [-0.2, 0) is 14.8 Å². The molecule has 0 saturated carbocycles. The summed E-state index contributed by atoms with van der Waals surface area (Å²) in [6, 6.07) is 11.0. The monoisotopic (exact) mass is 405 g/mol. The molecule has 0 aliphatic heterocycles. The zero-order valence-electron chi connectivity index (χ0n) is 15.9. The van der Waals surface area contributed by atoms with Crippen LogP contribution in [0.2, 0.25) is 0 Å². The fourth-order valence-corrected chi connectivity index (χ4v) is 3.40. The van der Waals surface area contributed by atoms with Crippen molar-refractivity contribution in [3.05, 3.63) is 53.6 Å². The fourth-order valence-electron chi connectivity index (χ4n) is 2.27. The molecular formula is C19H23N3O5S. The molecule has 0 spiro atoms. The molecule has 0 bridgehead atoms. The van der Waals surface area contributed by atoms with Gasteiger partial charge in [0.15, 0.2) is 11.5 Å². The van der Waals surface area contributed by atoms with Crippen molar-refractivity contribution in [1.29, 1.82) is 0 Å². The number of ether oxygens (including phenoxy) is 1. The third-order valence-corrected chi connectivity index (χ3v) is 5.60. The van der Waals surface area contributed by atoms with Gasteiger partial charge in [0.1, 0.15) is 0 Å². The number of carbonyl (C=O) groups is 1. The van der Waals surface area contributed by atoms with E-state index >= 15 is 0 Å². The topological polar surface area (TPSA) is 108 Å². The number of phenols is 1. The number of aryl methyl sites for hydroxylation is 1. The summed E-state index contributed by atoms with van der Waals surface area (Å²) in [5.74, 6) is -0.272. The van der Waals surface area contributed by atoms with Gasteiger partial charge in [0.25, 0.3) is 5.91 Å². The molecule has 0 aliphatic carbocycles. The maximum atomic E-state index is 12.5. The lowest BCUT2D eigenvalue weighted by Crippen LogP contribution is -2.36. The van der Waals surface area contributed by atoms with Crippen molar-refractivity contribution < 1.29 is 23.1 Å². The van der Waals surface area contributed by atoms with Gasteiger partial charge in [0, 0.05) is 7.05 Å². The van der Waals surface area contributed by atoms with Crippen molar-refractivity contribution in [3.8, 4) is 11.5 Å². The number of nitrogens with one attached hydrogen (secondary N) is 1. The SMILES string of the molecule is CCOc1cc(/C=N/NC(=O)CN(C)S(=O)(=O)c2ccc(C)cc2)ccc1O. The van der Waals surface area contributed by atoms with Crippen LogP contribution >= 0.6 is 0 Å². The van der Waals surface area contributed by atoms with E-state index in [4.69, 9.17) is 4.74 Å². The van der Waals surface area contributed by atoms with Crippen LogP contribution in [-0.4, -0.2) is 50.2 Å². The molecule has 0 aliphatic rings. The number of sulfonamides is 1. The molecular weight excluding hydrogens is 382 g/mol. The molecule has 1 amide bonds. The lowest BCUT2D eigenvalue weighted by molar-refractivity contribution is -0.121. The van der Waals surface area contributed by atoms with Gasteiger partial charge in [-0.2, -0.15) is 9.41 Å². The van der Waals surface area contributed by atoms with E-state index in [-0.39, 0.29) is 17.2 Å². The highest BCUT2D eigenvalue weighted by Crippen LogP contribution is 2.26. The summed E-state index contributed by atoms with van der Waals surface area (Å²) in [5.41, 5.74) is 3.82. The summed E-state index contributed by atoms with van der Waals surface area (Å²) in [6.45, 7) is 3.67. The molecule has 0 atom stereocenters. The molecule has 2 rings (SSSR count). The standard InChI is InChI=1S/C19H23N3O5S/c1-4-27-18-11-15(7-10-17(18)23)12-20-21-19(24)13-22(3)28(25,26)16-8-5-14(2)6-9-16/h5-12,23H,4,13H2,1-3H3,(H,21,24)/b20-12+. The summed E-state index contributed by atoms with van der Waals surface area (Å²) < 4.78 is 31.2. The number of nitrogens with zero attached hydrogens (tertiary/aromatic N) is 2. The number of benzene rings is 2. The van der Waals surface area contributed by atoms with E-state index < -0.39 is 15.9 Å². The van der Waals surface area contributed by atoms with Gasteiger partial charge in [-0.05, 0) is 49.7 Å². The van der Waals surface area contributed by atoms with Gasteiger partial charge in [-0.15, -0.1) is 0 Å². The predicted octanol–water partition coefficient (Wildman–Crippen LogP) is 1.87. The van der Waals surface area contributed by atoms with E-state index in [0.29, 0.717) is 17.9 Å². The highest BCUT2D eigenvalue weighted by atomic mass is 32.2. The number of rotatable bonds is 8. The average Bonchev–Trinajstić information content (AvgIpc) is 2.64. The zero-order valence-corrected chi connectivity index (χ0v) is 16.7. The first-order valence-corrected chi connectivity index (χ1v) is 9.98. The number of aromatic hydroxyl groups is 1. The molecule has 0 unspecified atom stereocenters. The minimum absolute atomic E-state index is 0.00553. The van der Waals surface area contributed by atoms with Gasteiger partial charge in [0.05, 0.1) is 24.3 Å². The summed E-state index contributed by atoms with van der Waals surface area (Å²) in [4.78, 5) is 12.1. The Balaban J connectivity index is 1.97.